The van der Waals surface area contributed by atoms with Crippen LogP contribution < -0.4 is 10.1 Å². The van der Waals surface area contributed by atoms with E-state index in [9.17, 15) is 18.0 Å². The summed E-state index contributed by atoms with van der Waals surface area (Å²) in [6, 6.07) is 4.52. The lowest BCUT2D eigenvalue weighted by Crippen LogP contribution is -2.39. The van der Waals surface area contributed by atoms with E-state index in [1.54, 1.807) is 6.07 Å². The van der Waals surface area contributed by atoms with Gasteiger partial charge in [0.1, 0.15) is 5.75 Å². The molecule has 1 aliphatic carbocycles. The average molecular weight is 352 g/mol. The molecule has 0 spiro atoms. The standard InChI is InChI=1S/C13H13BrF3NO2/c14-8-4-5-10(12(19)18-9-2-1-3-9)11(6-8)20-7-13(15,16)17/h4-6,9H,1-3,7H2,(H,18,19). The Morgan fingerprint density at radius 2 is 2.10 bits per heavy atom. The topological polar surface area (TPSA) is 38.3 Å². The maximum Gasteiger partial charge on any atom is 0.422 e. The van der Waals surface area contributed by atoms with Gasteiger partial charge in [0.2, 0.25) is 0 Å². The fraction of sp³-hybridized carbons (Fsp3) is 0.462. The van der Waals surface area contributed by atoms with Crippen LogP contribution in [0.4, 0.5) is 13.2 Å². The van der Waals surface area contributed by atoms with Gasteiger partial charge in [-0.3, -0.25) is 4.79 Å². The molecule has 0 heterocycles. The van der Waals surface area contributed by atoms with E-state index in [1.165, 1.54) is 12.1 Å². The number of hydrogen-bond donors (Lipinski definition) is 1. The molecule has 7 heteroatoms. The van der Waals surface area contributed by atoms with Gasteiger partial charge in [-0.15, -0.1) is 0 Å². The molecule has 20 heavy (non-hydrogen) atoms. The highest BCUT2D eigenvalue weighted by Crippen LogP contribution is 2.27. The van der Waals surface area contributed by atoms with E-state index < -0.39 is 18.7 Å². The summed E-state index contributed by atoms with van der Waals surface area (Å²) in [4.78, 5) is 12.0. The monoisotopic (exact) mass is 351 g/mol. The molecule has 0 atom stereocenters. The predicted octanol–water partition coefficient (Wildman–Crippen LogP) is 3.67. The molecule has 2 rings (SSSR count). The first-order chi connectivity index (χ1) is 9.35. The predicted molar refractivity (Wildman–Crippen MR) is 70.8 cm³/mol. The highest BCUT2D eigenvalue weighted by atomic mass is 79.9. The summed E-state index contributed by atoms with van der Waals surface area (Å²) in [7, 11) is 0. The summed E-state index contributed by atoms with van der Waals surface area (Å²) in [5.41, 5.74) is 0.115. The summed E-state index contributed by atoms with van der Waals surface area (Å²) in [6.45, 7) is -1.42. The molecule has 3 nitrogen and oxygen atoms in total. The molecule has 110 valence electrons. The SMILES string of the molecule is O=C(NC1CCC1)c1ccc(Br)cc1OCC(F)(F)F. The number of ether oxygens (including phenoxy) is 1. The zero-order valence-corrected chi connectivity index (χ0v) is 12.1. The minimum absolute atomic E-state index is 0.0754. The Hall–Kier alpha value is -1.24. The van der Waals surface area contributed by atoms with Gasteiger partial charge in [-0.2, -0.15) is 13.2 Å². The van der Waals surface area contributed by atoms with E-state index in [0.29, 0.717) is 4.47 Å². The molecule has 1 amide bonds. The van der Waals surface area contributed by atoms with Gasteiger partial charge < -0.3 is 10.1 Å². The summed E-state index contributed by atoms with van der Waals surface area (Å²) in [5, 5.41) is 2.77. The largest absolute Gasteiger partial charge is 0.483 e. The molecule has 0 radical (unpaired) electrons. The normalized spacial score (nSPS) is 15.6. The number of hydrogen-bond acceptors (Lipinski definition) is 2. The maximum absolute atomic E-state index is 12.2. The summed E-state index contributed by atoms with van der Waals surface area (Å²) in [6.07, 6.45) is -1.57. The number of amides is 1. The van der Waals surface area contributed by atoms with Gasteiger partial charge in [-0.1, -0.05) is 15.9 Å². The van der Waals surface area contributed by atoms with Gasteiger partial charge in [0.05, 0.1) is 5.56 Å². The van der Waals surface area contributed by atoms with E-state index in [1.807, 2.05) is 0 Å². The van der Waals surface area contributed by atoms with Gasteiger partial charge in [0, 0.05) is 10.5 Å². The number of carbonyl (C=O) groups is 1. The van der Waals surface area contributed by atoms with Crippen molar-refractivity contribution in [2.45, 2.75) is 31.5 Å². The molecular formula is C13H13BrF3NO2. The number of rotatable bonds is 4. The molecule has 0 unspecified atom stereocenters. The lowest BCUT2D eigenvalue weighted by Gasteiger charge is -2.26. The van der Waals surface area contributed by atoms with Crippen LogP contribution in [-0.4, -0.2) is 24.7 Å². The first-order valence-corrected chi connectivity index (χ1v) is 6.94. The second-order valence-corrected chi connectivity index (χ2v) is 5.56. The average Bonchev–Trinajstić information content (AvgIpc) is 2.30. The van der Waals surface area contributed by atoms with Crippen molar-refractivity contribution in [1.29, 1.82) is 0 Å². The second-order valence-electron chi connectivity index (χ2n) is 4.65. The minimum atomic E-state index is -4.44. The molecule has 1 aliphatic rings. The Morgan fingerprint density at radius 3 is 2.65 bits per heavy atom. The van der Waals surface area contributed by atoms with Gasteiger partial charge in [0.15, 0.2) is 6.61 Å². The van der Waals surface area contributed by atoms with E-state index in [-0.39, 0.29) is 17.4 Å². The van der Waals surface area contributed by atoms with Gasteiger partial charge in [0.25, 0.3) is 5.91 Å². The van der Waals surface area contributed by atoms with Crippen molar-refractivity contribution in [2.75, 3.05) is 6.61 Å². The third kappa shape index (κ3) is 4.13. The molecule has 0 aromatic heterocycles. The van der Waals surface area contributed by atoms with Crippen molar-refractivity contribution in [2.24, 2.45) is 0 Å². The molecule has 1 aromatic carbocycles. The Kier molecular flexibility index (Phi) is 4.57. The van der Waals surface area contributed by atoms with Gasteiger partial charge >= 0.3 is 6.18 Å². The highest BCUT2D eigenvalue weighted by molar-refractivity contribution is 9.10. The van der Waals surface area contributed by atoms with Gasteiger partial charge in [-0.05, 0) is 37.5 Å². The number of benzene rings is 1. The van der Waals surface area contributed by atoms with Crippen LogP contribution in [0.5, 0.6) is 5.75 Å². The lowest BCUT2D eigenvalue weighted by atomic mass is 9.93. The number of nitrogens with one attached hydrogen (secondary N) is 1. The van der Waals surface area contributed by atoms with Crippen LogP contribution in [-0.2, 0) is 0 Å². The minimum Gasteiger partial charge on any atom is -0.483 e. The van der Waals surface area contributed by atoms with Crippen LogP contribution in [0.15, 0.2) is 22.7 Å². The molecule has 1 saturated carbocycles. The Morgan fingerprint density at radius 1 is 1.40 bits per heavy atom. The summed E-state index contributed by atoms with van der Waals surface area (Å²) in [5.74, 6) is -0.479. The Balaban J connectivity index is 2.11. The van der Waals surface area contributed by atoms with E-state index in [2.05, 4.69) is 21.2 Å². The van der Waals surface area contributed by atoms with E-state index in [0.717, 1.165) is 19.3 Å². The molecule has 0 saturated heterocycles. The second kappa shape index (κ2) is 6.03. The smallest absolute Gasteiger partial charge is 0.422 e. The van der Waals surface area contributed by atoms with Crippen molar-refractivity contribution in [3.8, 4) is 5.75 Å². The first-order valence-electron chi connectivity index (χ1n) is 6.15. The molecule has 0 aliphatic heterocycles. The molecule has 1 fully saturated rings. The third-order valence-electron chi connectivity index (χ3n) is 3.02. The zero-order valence-electron chi connectivity index (χ0n) is 10.5. The van der Waals surface area contributed by atoms with E-state index in [4.69, 9.17) is 4.74 Å². The lowest BCUT2D eigenvalue weighted by molar-refractivity contribution is -0.153. The van der Waals surface area contributed by atoms with Crippen LogP contribution in [0.25, 0.3) is 0 Å². The Bertz CT molecular complexity index is 501. The molecular weight excluding hydrogens is 339 g/mol. The molecule has 1 aromatic rings. The fourth-order valence-electron chi connectivity index (χ4n) is 1.78. The van der Waals surface area contributed by atoms with Crippen molar-refractivity contribution < 1.29 is 22.7 Å². The fourth-order valence-corrected chi connectivity index (χ4v) is 2.12. The highest BCUT2D eigenvalue weighted by Gasteiger charge is 2.29. The van der Waals surface area contributed by atoms with Crippen LogP contribution in [0.2, 0.25) is 0 Å². The van der Waals surface area contributed by atoms with Crippen molar-refractivity contribution in [3.63, 3.8) is 0 Å². The number of alkyl halides is 3. The van der Waals surface area contributed by atoms with Crippen LogP contribution in [0.1, 0.15) is 29.6 Å². The van der Waals surface area contributed by atoms with Crippen molar-refractivity contribution in [3.05, 3.63) is 28.2 Å². The number of halogens is 4. The quantitative estimate of drug-likeness (QED) is 0.898. The summed E-state index contributed by atoms with van der Waals surface area (Å²) >= 11 is 3.15. The third-order valence-corrected chi connectivity index (χ3v) is 3.51. The van der Waals surface area contributed by atoms with Crippen LogP contribution >= 0.6 is 15.9 Å². The van der Waals surface area contributed by atoms with Crippen molar-refractivity contribution >= 4 is 21.8 Å². The van der Waals surface area contributed by atoms with Crippen molar-refractivity contribution in [1.82, 2.24) is 5.32 Å². The zero-order chi connectivity index (χ0) is 14.8. The van der Waals surface area contributed by atoms with Gasteiger partial charge in [-0.25, -0.2) is 0 Å². The Labute approximate surface area is 122 Å². The molecule has 0 bridgehead atoms. The van der Waals surface area contributed by atoms with Crippen LogP contribution in [0, 0.1) is 0 Å². The number of carbonyl (C=O) groups excluding carboxylic acids is 1. The van der Waals surface area contributed by atoms with E-state index >= 15 is 0 Å². The maximum atomic E-state index is 12.2. The molecule has 1 N–H and O–H groups in total. The first kappa shape index (κ1) is 15.2. The van der Waals surface area contributed by atoms with Crippen LogP contribution in [0.3, 0.4) is 0 Å². The summed E-state index contributed by atoms with van der Waals surface area (Å²) < 4.78 is 41.9.